The first-order valence-electron chi connectivity index (χ1n) is 4.72. The summed E-state index contributed by atoms with van der Waals surface area (Å²) in [5.41, 5.74) is 0. The maximum atomic E-state index is 11.3. The van der Waals surface area contributed by atoms with Gasteiger partial charge in [0.2, 0.25) is 0 Å². The third kappa shape index (κ3) is 1.22. The van der Waals surface area contributed by atoms with E-state index in [0.29, 0.717) is 18.4 Å². The van der Waals surface area contributed by atoms with E-state index in [1.165, 1.54) is 0 Å². The van der Waals surface area contributed by atoms with E-state index in [4.69, 9.17) is 4.74 Å². The van der Waals surface area contributed by atoms with Crippen LogP contribution in [-0.2, 0) is 9.53 Å². The Labute approximate surface area is 72.5 Å². The first kappa shape index (κ1) is 8.05. The first-order valence-corrected chi connectivity index (χ1v) is 4.72. The van der Waals surface area contributed by atoms with Gasteiger partial charge in [0, 0.05) is 0 Å². The Morgan fingerprint density at radius 2 is 2.42 bits per heavy atom. The summed E-state index contributed by atoms with van der Waals surface area (Å²) in [5, 5.41) is 3.30. The van der Waals surface area contributed by atoms with Crippen molar-refractivity contribution in [2.75, 3.05) is 19.7 Å². The highest BCUT2D eigenvalue weighted by molar-refractivity contribution is 5.76. The molecule has 0 amide bonds. The molecule has 1 saturated heterocycles. The largest absolute Gasteiger partial charge is 0.466 e. The highest BCUT2D eigenvalue weighted by atomic mass is 16.5. The van der Waals surface area contributed by atoms with Crippen LogP contribution in [0.2, 0.25) is 0 Å². The van der Waals surface area contributed by atoms with Crippen molar-refractivity contribution in [2.24, 2.45) is 17.8 Å². The summed E-state index contributed by atoms with van der Waals surface area (Å²) in [5.74, 6) is 1.46. The molecule has 2 aliphatic rings. The molecule has 1 heterocycles. The first-order chi connectivity index (χ1) is 5.84. The quantitative estimate of drug-likeness (QED) is 0.608. The van der Waals surface area contributed by atoms with E-state index in [2.05, 4.69) is 5.32 Å². The minimum atomic E-state index is 0.0243. The number of carbonyl (C=O) groups excluding carboxylic acids is 1. The fourth-order valence-corrected chi connectivity index (χ4v) is 2.24. The predicted octanol–water partition coefficient (Wildman–Crippen LogP) is 0.405. The van der Waals surface area contributed by atoms with Gasteiger partial charge in [-0.3, -0.25) is 4.79 Å². The lowest BCUT2D eigenvalue weighted by atomic mass is 10.2. The van der Waals surface area contributed by atoms with E-state index in [-0.39, 0.29) is 11.9 Å². The molecule has 3 atom stereocenters. The van der Waals surface area contributed by atoms with Crippen LogP contribution in [0.25, 0.3) is 0 Å². The molecule has 1 aliphatic heterocycles. The van der Waals surface area contributed by atoms with Crippen molar-refractivity contribution in [3.8, 4) is 0 Å². The Balaban J connectivity index is 1.87. The maximum Gasteiger partial charge on any atom is 0.309 e. The molecule has 3 heteroatoms. The van der Waals surface area contributed by atoms with Crippen LogP contribution in [0.5, 0.6) is 0 Å². The molecule has 1 aliphatic carbocycles. The molecule has 0 aromatic rings. The van der Waals surface area contributed by atoms with Gasteiger partial charge < -0.3 is 10.1 Å². The van der Waals surface area contributed by atoms with E-state index in [9.17, 15) is 4.79 Å². The smallest absolute Gasteiger partial charge is 0.309 e. The predicted molar refractivity (Wildman–Crippen MR) is 44.6 cm³/mol. The second kappa shape index (κ2) is 3.05. The van der Waals surface area contributed by atoms with E-state index in [0.717, 1.165) is 19.5 Å². The molecule has 68 valence electrons. The lowest BCUT2D eigenvalue weighted by molar-refractivity contribution is -0.145. The second-order valence-electron chi connectivity index (χ2n) is 3.60. The zero-order valence-corrected chi connectivity index (χ0v) is 7.38. The van der Waals surface area contributed by atoms with Crippen LogP contribution in [0.1, 0.15) is 13.3 Å². The normalized spacial score (nSPS) is 38.6. The molecule has 0 aromatic heterocycles. The molecule has 1 N–H and O–H groups in total. The molecular weight excluding hydrogens is 154 g/mol. The van der Waals surface area contributed by atoms with E-state index >= 15 is 0 Å². The van der Waals surface area contributed by atoms with Gasteiger partial charge in [-0.15, -0.1) is 0 Å². The van der Waals surface area contributed by atoms with Crippen molar-refractivity contribution in [3.63, 3.8) is 0 Å². The molecule has 2 fully saturated rings. The van der Waals surface area contributed by atoms with Gasteiger partial charge in [-0.2, -0.15) is 0 Å². The van der Waals surface area contributed by atoms with Gasteiger partial charge in [-0.05, 0) is 38.3 Å². The second-order valence-corrected chi connectivity index (χ2v) is 3.60. The number of hydrogen-bond acceptors (Lipinski definition) is 3. The van der Waals surface area contributed by atoms with Crippen LogP contribution in [0.4, 0.5) is 0 Å². The Hall–Kier alpha value is -0.570. The number of piperidine rings is 1. The van der Waals surface area contributed by atoms with Crippen LogP contribution in [0.15, 0.2) is 0 Å². The fraction of sp³-hybridized carbons (Fsp3) is 0.889. The highest BCUT2D eigenvalue weighted by Gasteiger charge is 2.55. The van der Waals surface area contributed by atoms with E-state index in [1.54, 1.807) is 0 Å². The lowest BCUT2D eigenvalue weighted by Crippen LogP contribution is -2.23. The monoisotopic (exact) mass is 169 g/mol. The minimum Gasteiger partial charge on any atom is -0.466 e. The number of nitrogens with one attached hydrogen (secondary N) is 1. The topological polar surface area (TPSA) is 38.3 Å². The third-order valence-electron chi connectivity index (χ3n) is 2.92. The maximum absolute atomic E-state index is 11.3. The summed E-state index contributed by atoms with van der Waals surface area (Å²) in [6, 6.07) is 0. The summed E-state index contributed by atoms with van der Waals surface area (Å²) >= 11 is 0. The molecule has 0 radical (unpaired) electrons. The molecule has 0 unspecified atom stereocenters. The van der Waals surface area contributed by atoms with Gasteiger partial charge in [-0.25, -0.2) is 0 Å². The number of hydrogen-bond donors (Lipinski definition) is 1. The van der Waals surface area contributed by atoms with Crippen molar-refractivity contribution in [3.05, 3.63) is 0 Å². The lowest BCUT2D eigenvalue weighted by Gasteiger charge is -2.07. The molecule has 0 aromatic carbocycles. The Kier molecular flexibility index (Phi) is 2.05. The number of carbonyl (C=O) groups is 1. The fourth-order valence-electron chi connectivity index (χ4n) is 2.24. The van der Waals surface area contributed by atoms with Gasteiger partial charge >= 0.3 is 5.97 Å². The van der Waals surface area contributed by atoms with Crippen molar-refractivity contribution < 1.29 is 9.53 Å². The minimum absolute atomic E-state index is 0.0243. The van der Waals surface area contributed by atoms with E-state index < -0.39 is 0 Å². The molecule has 1 saturated carbocycles. The number of fused-ring (bicyclic) bond motifs is 1. The van der Waals surface area contributed by atoms with Gasteiger partial charge in [0.1, 0.15) is 0 Å². The summed E-state index contributed by atoms with van der Waals surface area (Å²) in [6.45, 7) is 4.45. The van der Waals surface area contributed by atoms with Crippen LogP contribution in [-0.4, -0.2) is 25.7 Å². The van der Waals surface area contributed by atoms with Crippen molar-refractivity contribution >= 4 is 5.97 Å². The van der Waals surface area contributed by atoms with Gasteiger partial charge in [0.25, 0.3) is 0 Å². The molecular formula is C9H15NO2. The van der Waals surface area contributed by atoms with Crippen molar-refractivity contribution in [2.45, 2.75) is 13.3 Å². The zero-order chi connectivity index (χ0) is 8.55. The summed E-state index contributed by atoms with van der Waals surface area (Å²) < 4.78 is 4.99. The van der Waals surface area contributed by atoms with Gasteiger partial charge in [0.15, 0.2) is 0 Å². The van der Waals surface area contributed by atoms with Gasteiger partial charge in [-0.1, -0.05) is 0 Å². The number of ether oxygens (including phenoxy) is 1. The summed E-state index contributed by atoms with van der Waals surface area (Å²) in [7, 11) is 0. The summed E-state index contributed by atoms with van der Waals surface area (Å²) in [4.78, 5) is 11.3. The molecule has 2 rings (SSSR count). The number of rotatable bonds is 2. The SMILES string of the molecule is CCOC(=O)[C@H]1[C@@H]2CNCC[C@@H]21. The van der Waals surface area contributed by atoms with Crippen LogP contribution < -0.4 is 5.32 Å². The third-order valence-corrected chi connectivity index (χ3v) is 2.92. The average molecular weight is 169 g/mol. The van der Waals surface area contributed by atoms with Gasteiger partial charge in [0.05, 0.1) is 12.5 Å². The van der Waals surface area contributed by atoms with E-state index in [1.807, 2.05) is 6.92 Å². The zero-order valence-electron chi connectivity index (χ0n) is 7.38. The van der Waals surface area contributed by atoms with Crippen molar-refractivity contribution in [1.82, 2.24) is 5.32 Å². The molecule has 3 nitrogen and oxygen atoms in total. The van der Waals surface area contributed by atoms with Crippen LogP contribution in [0, 0.1) is 17.8 Å². The summed E-state index contributed by atoms with van der Waals surface area (Å²) in [6.07, 6.45) is 1.15. The standard InChI is InChI=1S/C9H15NO2/c1-2-12-9(11)8-6-3-4-10-5-7(6)8/h6-8,10H,2-5H2,1H3/t6-,7+,8+/m0/s1. The van der Waals surface area contributed by atoms with Crippen molar-refractivity contribution in [1.29, 1.82) is 0 Å². The van der Waals surface area contributed by atoms with Crippen LogP contribution >= 0.6 is 0 Å². The highest BCUT2D eigenvalue weighted by Crippen LogP contribution is 2.50. The Bertz CT molecular complexity index is 181. The Morgan fingerprint density at radius 1 is 1.58 bits per heavy atom. The Morgan fingerprint density at radius 3 is 3.00 bits per heavy atom. The molecule has 0 bridgehead atoms. The average Bonchev–Trinajstić information content (AvgIpc) is 2.78. The number of esters is 1. The van der Waals surface area contributed by atoms with Crippen LogP contribution in [0.3, 0.4) is 0 Å². The molecule has 0 spiro atoms. The molecule has 12 heavy (non-hydrogen) atoms.